The number of nitrogens with zero attached hydrogens (tertiary/aromatic N) is 6. The number of aromatic nitrogens is 3. The molecule has 7 rings (SSSR count). The fourth-order valence-corrected chi connectivity index (χ4v) is 7.34. The lowest BCUT2D eigenvalue weighted by Gasteiger charge is -2.47. The van der Waals surface area contributed by atoms with E-state index in [0.29, 0.717) is 35.9 Å². The van der Waals surface area contributed by atoms with Gasteiger partial charge in [0.15, 0.2) is 5.65 Å². The molecule has 0 bridgehead atoms. The Morgan fingerprint density at radius 3 is 2.83 bits per heavy atom. The number of pyridine rings is 1. The van der Waals surface area contributed by atoms with Gasteiger partial charge in [0.25, 0.3) is 0 Å². The monoisotopic (exact) mass is 558 g/mol. The second-order valence-corrected chi connectivity index (χ2v) is 12.0. The van der Waals surface area contributed by atoms with Crippen LogP contribution in [0.4, 0.5) is 5.82 Å². The van der Waals surface area contributed by atoms with Crippen LogP contribution in [0.15, 0.2) is 36.9 Å². The molecule has 1 aromatic carbocycles. The number of amides is 1. The highest BCUT2D eigenvalue weighted by Crippen LogP contribution is 2.41. The number of carbonyl (C=O) groups is 1. The van der Waals surface area contributed by atoms with Gasteiger partial charge in [-0.25, -0.2) is 4.98 Å². The van der Waals surface area contributed by atoms with Gasteiger partial charge in [0, 0.05) is 24.7 Å². The van der Waals surface area contributed by atoms with Crippen molar-refractivity contribution in [1.29, 1.82) is 0 Å². The van der Waals surface area contributed by atoms with Gasteiger partial charge in [-0.3, -0.25) is 4.79 Å². The molecule has 3 aromatic rings. The lowest BCUT2D eigenvalue weighted by Crippen LogP contribution is -2.63. The van der Waals surface area contributed by atoms with E-state index < -0.39 is 0 Å². The maximum atomic E-state index is 12.4. The lowest BCUT2D eigenvalue weighted by atomic mass is 9.87. The Morgan fingerprint density at radius 2 is 2.00 bits per heavy atom. The second kappa shape index (κ2) is 10.3. The Morgan fingerprint density at radius 1 is 1.12 bits per heavy atom. The second-order valence-electron chi connectivity index (χ2n) is 11.6. The Balaban J connectivity index is 1.29. The molecule has 0 radical (unpaired) electrons. The van der Waals surface area contributed by atoms with Crippen molar-refractivity contribution in [3.8, 4) is 17.3 Å². The minimum atomic E-state index is -0.00931. The van der Waals surface area contributed by atoms with Gasteiger partial charge in [0.05, 0.1) is 28.2 Å². The third kappa shape index (κ3) is 4.32. The minimum absolute atomic E-state index is 0.00931. The predicted molar refractivity (Wildman–Crippen MR) is 157 cm³/mol. The van der Waals surface area contributed by atoms with Gasteiger partial charge in [-0.15, -0.1) is 0 Å². The Bertz CT molecular complexity index is 1490. The van der Waals surface area contributed by atoms with Gasteiger partial charge in [0.1, 0.15) is 12.4 Å². The fraction of sp³-hybridized carbons (Fsp3) is 0.484. The summed E-state index contributed by atoms with van der Waals surface area (Å²) in [5, 5.41) is 1.42. The van der Waals surface area contributed by atoms with Crippen LogP contribution in [0.5, 0.6) is 6.01 Å². The Labute approximate surface area is 240 Å². The first kappa shape index (κ1) is 25.7. The van der Waals surface area contributed by atoms with E-state index in [4.69, 9.17) is 31.3 Å². The van der Waals surface area contributed by atoms with Gasteiger partial charge < -0.3 is 19.4 Å². The van der Waals surface area contributed by atoms with E-state index in [0.717, 1.165) is 61.2 Å². The van der Waals surface area contributed by atoms with Gasteiger partial charge in [0.2, 0.25) is 5.91 Å². The quantitative estimate of drug-likeness (QED) is 0.407. The molecule has 4 aliphatic rings. The van der Waals surface area contributed by atoms with Crippen LogP contribution in [0, 0.1) is 0 Å². The minimum Gasteiger partial charge on any atom is -0.462 e. The zero-order valence-electron chi connectivity index (χ0n) is 23.0. The van der Waals surface area contributed by atoms with Crippen LogP contribution >= 0.6 is 11.6 Å². The van der Waals surface area contributed by atoms with E-state index in [1.165, 1.54) is 36.5 Å². The van der Waals surface area contributed by atoms with Gasteiger partial charge >= 0.3 is 6.01 Å². The van der Waals surface area contributed by atoms with Crippen LogP contribution in [0.1, 0.15) is 43.2 Å². The van der Waals surface area contributed by atoms with Gasteiger partial charge in [-0.2, -0.15) is 9.97 Å². The summed E-state index contributed by atoms with van der Waals surface area (Å²) in [4.78, 5) is 33.7. The number of rotatable bonds is 6. The van der Waals surface area contributed by atoms with Crippen molar-refractivity contribution < 1.29 is 9.53 Å². The molecule has 1 amide bonds. The molecule has 3 fully saturated rings. The smallest absolute Gasteiger partial charge is 0.320 e. The molecule has 8 nitrogen and oxygen atoms in total. The number of halogens is 1. The summed E-state index contributed by atoms with van der Waals surface area (Å²) in [6.07, 6.45) is 9.11. The molecule has 9 heteroatoms. The van der Waals surface area contributed by atoms with Crippen molar-refractivity contribution in [3.05, 3.63) is 53.1 Å². The highest BCUT2D eigenvalue weighted by atomic mass is 35.5. The topological polar surface area (TPSA) is 74.7 Å². The van der Waals surface area contributed by atoms with E-state index in [9.17, 15) is 4.79 Å². The van der Waals surface area contributed by atoms with E-state index in [-0.39, 0.29) is 18.0 Å². The van der Waals surface area contributed by atoms with E-state index in [1.54, 1.807) is 0 Å². The van der Waals surface area contributed by atoms with Crippen LogP contribution in [-0.4, -0.2) is 82.1 Å². The molecular weight excluding hydrogens is 524 g/mol. The number of hydrogen-bond acceptors (Lipinski definition) is 7. The van der Waals surface area contributed by atoms with Crippen molar-refractivity contribution in [3.63, 3.8) is 0 Å². The summed E-state index contributed by atoms with van der Waals surface area (Å²) >= 11 is 6.98. The number of anilines is 1. The van der Waals surface area contributed by atoms with E-state index in [2.05, 4.69) is 41.6 Å². The average Bonchev–Trinajstić information content (AvgIpc) is 3.53. The largest absolute Gasteiger partial charge is 0.462 e. The number of fused-ring (bicyclic) bond motifs is 3. The standard InChI is InChI=1S/C31H35ClN6O2/c1-3-27(39)37-15-13-25-26(37)17-38(25)30-23-16-24(32)28(22-12-6-9-19-8-4-5-11-21(19)22)33-29(23)34-31(35-30)40-18-20-10-7-14-36(20)2/h3,6,9,12,16,20,25-26H,1,4-5,7-8,10-11,13-15,17-18H2,2H3/t20?,25-,26-/m1/s1. The summed E-state index contributed by atoms with van der Waals surface area (Å²) in [7, 11) is 2.14. The van der Waals surface area contributed by atoms with E-state index in [1.807, 2.05) is 11.0 Å². The molecule has 208 valence electrons. The Hall–Kier alpha value is -3.23. The molecule has 3 aliphatic heterocycles. The van der Waals surface area contributed by atoms with Gasteiger partial charge in [-0.1, -0.05) is 36.4 Å². The highest BCUT2D eigenvalue weighted by molar-refractivity contribution is 6.34. The number of aryl methyl sites for hydroxylation is 1. The van der Waals surface area contributed by atoms with Crippen LogP contribution in [-0.2, 0) is 17.6 Å². The number of likely N-dealkylation sites (N-methyl/N-ethyl adjacent to an activating group) is 1. The SMILES string of the molecule is C=CC(=O)N1CC[C@@H]2[C@H]1CN2c1nc(OCC2CCCN2C)nc2nc(-c3cccc4c3CCCC4)c(Cl)cc12. The highest BCUT2D eigenvalue weighted by Gasteiger charge is 2.49. The third-order valence-electron chi connectivity index (χ3n) is 9.35. The van der Waals surface area contributed by atoms with Crippen molar-refractivity contribution in [2.75, 3.05) is 38.2 Å². The third-order valence-corrected chi connectivity index (χ3v) is 9.64. The van der Waals surface area contributed by atoms with Crippen LogP contribution in [0.2, 0.25) is 5.02 Å². The van der Waals surface area contributed by atoms with Crippen molar-refractivity contribution in [2.24, 2.45) is 0 Å². The molecule has 1 aliphatic carbocycles. The molecule has 0 spiro atoms. The maximum Gasteiger partial charge on any atom is 0.320 e. The molecule has 0 N–H and O–H groups in total. The first-order valence-corrected chi connectivity index (χ1v) is 14.9. The number of benzene rings is 1. The first-order valence-electron chi connectivity index (χ1n) is 14.5. The average molecular weight is 559 g/mol. The molecule has 2 aromatic heterocycles. The van der Waals surface area contributed by atoms with E-state index >= 15 is 0 Å². The van der Waals surface area contributed by atoms with Crippen LogP contribution in [0.25, 0.3) is 22.3 Å². The van der Waals surface area contributed by atoms with Crippen LogP contribution < -0.4 is 9.64 Å². The molecule has 3 saturated heterocycles. The molecule has 3 atom stereocenters. The predicted octanol–water partition coefficient (Wildman–Crippen LogP) is 4.67. The normalized spacial score (nSPS) is 24.1. The fourth-order valence-electron chi connectivity index (χ4n) is 7.09. The molecule has 1 unspecified atom stereocenters. The summed E-state index contributed by atoms with van der Waals surface area (Å²) in [5.74, 6) is 0.773. The summed E-state index contributed by atoms with van der Waals surface area (Å²) in [6.45, 7) is 6.73. The summed E-state index contributed by atoms with van der Waals surface area (Å²) in [6, 6.07) is 9.48. The van der Waals surface area contributed by atoms with Crippen molar-refractivity contribution >= 4 is 34.4 Å². The zero-order valence-corrected chi connectivity index (χ0v) is 23.7. The summed E-state index contributed by atoms with van der Waals surface area (Å²) < 4.78 is 6.24. The number of hydrogen-bond donors (Lipinski definition) is 0. The van der Waals surface area contributed by atoms with Gasteiger partial charge in [-0.05, 0) is 81.8 Å². The first-order chi connectivity index (χ1) is 19.5. The molecular formula is C31H35ClN6O2. The number of likely N-dealkylation sites (tertiary alicyclic amines) is 2. The van der Waals surface area contributed by atoms with Crippen LogP contribution in [0.3, 0.4) is 0 Å². The number of ether oxygens (including phenoxy) is 1. The molecule has 40 heavy (non-hydrogen) atoms. The lowest BCUT2D eigenvalue weighted by molar-refractivity contribution is -0.127. The van der Waals surface area contributed by atoms with Crippen molar-refractivity contribution in [1.82, 2.24) is 24.8 Å². The summed E-state index contributed by atoms with van der Waals surface area (Å²) in [5.41, 5.74) is 5.19. The molecule has 0 saturated carbocycles. The maximum absolute atomic E-state index is 12.4. The number of carbonyl (C=O) groups excluding carboxylic acids is 1. The molecule has 5 heterocycles. The van der Waals surface area contributed by atoms with Crippen molar-refractivity contribution in [2.45, 2.75) is 63.1 Å². The Kier molecular flexibility index (Phi) is 6.63. The zero-order chi connectivity index (χ0) is 27.4.